The Morgan fingerprint density at radius 1 is 1.00 bits per heavy atom. The normalized spacial score (nSPS) is 12.2. The van der Waals surface area contributed by atoms with Gasteiger partial charge in [0.25, 0.3) is 9.05 Å². The molecule has 0 aliphatic carbocycles. The Balaban J connectivity index is 2.68. The number of benzene rings is 2. The second-order valence-electron chi connectivity index (χ2n) is 4.34. The first-order valence-corrected chi connectivity index (χ1v) is 8.17. The van der Waals surface area contributed by atoms with Gasteiger partial charge < -0.3 is 0 Å². The fraction of sp³-hybridized carbons (Fsp3) is 0.0714. The van der Waals surface area contributed by atoms with Crippen molar-refractivity contribution in [1.29, 1.82) is 0 Å². The van der Waals surface area contributed by atoms with E-state index in [2.05, 4.69) is 0 Å². The van der Waals surface area contributed by atoms with Crippen LogP contribution in [0.3, 0.4) is 0 Å². The molecule has 0 heterocycles. The average molecular weight is 349 g/mol. The molecule has 2 aromatic carbocycles. The van der Waals surface area contributed by atoms with Crippen molar-refractivity contribution in [3.63, 3.8) is 0 Å². The number of hydrogen-bond acceptors (Lipinski definition) is 3. The second-order valence-corrected chi connectivity index (χ2v) is 6.88. The molecule has 0 aliphatic rings. The highest BCUT2D eigenvalue weighted by atomic mass is 35.7. The maximum Gasteiger partial charge on any atom is 0.416 e. The zero-order valence-electron chi connectivity index (χ0n) is 10.8. The van der Waals surface area contributed by atoms with Gasteiger partial charge in [0, 0.05) is 21.8 Å². The van der Waals surface area contributed by atoms with Gasteiger partial charge in [-0.25, -0.2) is 8.42 Å². The van der Waals surface area contributed by atoms with Gasteiger partial charge >= 0.3 is 6.18 Å². The lowest BCUT2D eigenvalue weighted by molar-refractivity contribution is -0.137. The van der Waals surface area contributed by atoms with Gasteiger partial charge in [-0.2, -0.15) is 13.2 Å². The van der Waals surface area contributed by atoms with Crippen LogP contribution in [-0.4, -0.2) is 14.2 Å². The summed E-state index contributed by atoms with van der Waals surface area (Å²) in [6.45, 7) is 0. The Kier molecular flexibility index (Phi) is 4.30. The maximum atomic E-state index is 12.8. The van der Waals surface area contributed by atoms with E-state index in [1.165, 1.54) is 24.3 Å². The predicted octanol–water partition coefficient (Wildman–Crippen LogP) is 3.86. The van der Waals surface area contributed by atoms with Crippen LogP contribution in [0.15, 0.2) is 53.4 Å². The zero-order valence-corrected chi connectivity index (χ0v) is 12.3. The van der Waals surface area contributed by atoms with E-state index in [0.29, 0.717) is 18.2 Å². The van der Waals surface area contributed by atoms with Crippen LogP contribution in [0.5, 0.6) is 0 Å². The van der Waals surface area contributed by atoms with Crippen LogP contribution < -0.4 is 0 Å². The molecule has 0 atom stereocenters. The number of rotatable bonds is 3. The first-order chi connectivity index (χ1) is 10.1. The van der Waals surface area contributed by atoms with Crippen molar-refractivity contribution >= 4 is 25.5 Å². The average Bonchev–Trinajstić information content (AvgIpc) is 2.45. The molecule has 0 amide bonds. The Bertz CT molecular complexity index is 815. The van der Waals surface area contributed by atoms with E-state index in [0.717, 1.165) is 0 Å². The van der Waals surface area contributed by atoms with Gasteiger partial charge in [-0.1, -0.05) is 30.3 Å². The molecule has 0 saturated carbocycles. The lowest BCUT2D eigenvalue weighted by Gasteiger charge is -2.11. The van der Waals surface area contributed by atoms with E-state index >= 15 is 0 Å². The fourth-order valence-electron chi connectivity index (χ4n) is 1.84. The predicted molar refractivity (Wildman–Crippen MR) is 74.4 cm³/mol. The molecular weight excluding hydrogens is 341 g/mol. The number of carbonyl (C=O) groups is 1. The molecule has 0 aromatic heterocycles. The standard InChI is InChI=1S/C14H8ClF3O3S/c15-22(20,21)12-7-6-10(14(16,17)18)8-11(12)13(19)9-4-2-1-3-5-9/h1-8H. The topological polar surface area (TPSA) is 51.2 Å². The number of halogens is 4. The fourth-order valence-corrected chi connectivity index (χ4v) is 2.89. The molecule has 3 nitrogen and oxygen atoms in total. The first-order valence-electron chi connectivity index (χ1n) is 5.86. The van der Waals surface area contributed by atoms with Crippen molar-refractivity contribution in [2.24, 2.45) is 0 Å². The van der Waals surface area contributed by atoms with Crippen molar-refractivity contribution in [2.75, 3.05) is 0 Å². The molecule has 2 rings (SSSR count). The van der Waals surface area contributed by atoms with Gasteiger partial charge in [0.2, 0.25) is 0 Å². The Morgan fingerprint density at radius 2 is 1.59 bits per heavy atom. The smallest absolute Gasteiger partial charge is 0.289 e. The summed E-state index contributed by atoms with van der Waals surface area (Å²) in [5, 5.41) is 0. The summed E-state index contributed by atoms with van der Waals surface area (Å²) < 4.78 is 61.3. The van der Waals surface area contributed by atoms with Gasteiger partial charge in [-0.3, -0.25) is 4.79 Å². The number of alkyl halides is 3. The highest BCUT2D eigenvalue weighted by molar-refractivity contribution is 8.13. The quantitative estimate of drug-likeness (QED) is 0.625. The SMILES string of the molecule is O=C(c1ccccc1)c1cc(C(F)(F)F)ccc1S(=O)(=O)Cl. The summed E-state index contributed by atoms with van der Waals surface area (Å²) in [6.07, 6.45) is -4.71. The monoisotopic (exact) mass is 348 g/mol. The van der Waals surface area contributed by atoms with Crippen molar-refractivity contribution in [3.8, 4) is 0 Å². The minimum absolute atomic E-state index is 0.0587. The van der Waals surface area contributed by atoms with E-state index in [1.54, 1.807) is 6.07 Å². The van der Waals surface area contributed by atoms with Gasteiger partial charge in [-0.15, -0.1) is 0 Å². The molecule has 0 N–H and O–H groups in total. The third-order valence-corrected chi connectivity index (χ3v) is 4.23. The van der Waals surface area contributed by atoms with Gasteiger partial charge in [0.05, 0.1) is 10.5 Å². The summed E-state index contributed by atoms with van der Waals surface area (Å²) in [5.41, 5.74) is -1.68. The highest BCUT2D eigenvalue weighted by Crippen LogP contribution is 2.33. The highest BCUT2D eigenvalue weighted by Gasteiger charge is 2.33. The van der Waals surface area contributed by atoms with Crippen LogP contribution in [0.4, 0.5) is 13.2 Å². The molecule has 116 valence electrons. The minimum Gasteiger partial charge on any atom is -0.289 e. The Hall–Kier alpha value is -1.86. The number of ketones is 1. The summed E-state index contributed by atoms with van der Waals surface area (Å²) in [6, 6.07) is 9.11. The molecule has 0 unspecified atom stereocenters. The molecule has 0 spiro atoms. The van der Waals surface area contributed by atoms with Crippen molar-refractivity contribution in [1.82, 2.24) is 0 Å². The van der Waals surface area contributed by atoms with Gasteiger partial charge in [0.15, 0.2) is 5.78 Å². The van der Waals surface area contributed by atoms with E-state index in [1.807, 2.05) is 0 Å². The first kappa shape index (κ1) is 16.5. The molecule has 2 aromatic rings. The molecule has 0 fully saturated rings. The summed E-state index contributed by atoms with van der Waals surface area (Å²) in [7, 11) is 0.836. The molecule has 0 radical (unpaired) electrons. The van der Waals surface area contributed by atoms with E-state index in [-0.39, 0.29) is 5.56 Å². The van der Waals surface area contributed by atoms with Gasteiger partial charge in [0.1, 0.15) is 0 Å². The molecule has 8 heteroatoms. The summed E-state index contributed by atoms with van der Waals surface area (Å²) >= 11 is 0. The molecule has 22 heavy (non-hydrogen) atoms. The lowest BCUT2D eigenvalue weighted by Crippen LogP contribution is -2.12. The zero-order chi connectivity index (χ0) is 16.5. The maximum absolute atomic E-state index is 12.8. The Morgan fingerprint density at radius 3 is 2.09 bits per heavy atom. The summed E-state index contributed by atoms with van der Waals surface area (Å²) in [5.74, 6) is -0.856. The second kappa shape index (κ2) is 5.73. The number of carbonyl (C=O) groups excluding carboxylic acids is 1. The van der Waals surface area contributed by atoms with Crippen LogP contribution >= 0.6 is 10.7 Å². The third-order valence-electron chi connectivity index (χ3n) is 2.85. The van der Waals surface area contributed by atoms with Crippen molar-refractivity contribution in [2.45, 2.75) is 11.1 Å². The van der Waals surface area contributed by atoms with Crippen molar-refractivity contribution in [3.05, 3.63) is 65.2 Å². The van der Waals surface area contributed by atoms with E-state index < -0.39 is 37.0 Å². The van der Waals surface area contributed by atoms with Crippen LogP contribution in [0, 0.1) is 0 Å². The van der Waals surface area contributed by atoms with Crippen LogP contribution in [0.25, 0.3) is 0 Å². The Labute approximate surface area is 128 Å². The number of hydrogen-bond donors (Lipinski definition) is 0. The van der Waals surface area contributed by atoms with Crippen LogP contribution in [0.1, 0.15) is 21.5 Å². The lowest BCUT2D eigenvalue weighted by atomic mass is 10.0. The van der Waals surface area contributed by atoms with E-state index in [4.69, 9.17) is 10.7 Å². The molecule has 0 saturated heterocycles. The minimum atomic E-state index is -4.71. The van der Waals surface area contributed by atoms with Gasteiger partial charge in [-0.05, 0) is 18.2 Å². The van der Waals surface area contributed by atoms with E-state index in [9.17, 15) is 26.4 Å². The third kappa shape index (κ3) is 3.48. The molecule has 0 aliphatic heterocycles. The molecular formula is C14H8ClF3O3S. The summed E-state index contributed by atoms with van der Waals surface area (Å²) in [4.78, 5) is 11.6. The largest absolute Gasteiger partial charge is 0.416 e. The van der Waals surface area contributed by atoms with Crippen molar-refractivity contribution < 1.29 is 26.4 Å². The molecule has 0 bridgehead atoms. The van der Waals surface area contributed by atoms with Crippen LogP contribution in [-0.2, 0) is 15.2 Å². The van der Waals surface area contributed by atoms with Crippen LogP contribution in [0.2, 0.25) is 0 Å².